The smallest absolute Gasteiger partial charge is 0.213 e. The molecule has 0 aliphatic rings. The molecule has 0 spiro atoms. The van der Waals surface area contributed by atoms with Crippen molar-refractivity contribution in [3.05, 3.63) is 60.3 Å². The summed E-state index contributed by atoms with van der Waals surface area (Å²) < 4.78 is 5.45. The number of benzene rings is 1. The highest BCUT2D eigenvalue weighted by Crippen LogP contribution is 2.07. The first-order valence-corrected chi connectivity index (χ1v) is 4.44. The van der Waals surface area contributed by atoms with E-state index in [9.17, 15) is 0 Å². The lowest BCUT2D eigenvalue weighted by Gasteiger charge is -2.03. The minimum absolute atomic E-state index is 0.512. The minimum atomic E-state index is 0.512. The van der Waals surface area contributed by atoms with Gasteiger partial charge in [0.05, 0.1) is 0 Å². The van der Waals surface area contributed by atoms with Crippen molar-refractivity contribution in [1.29, 1.82) is 0 Å². The Morgan fingerprint density at radius 3 is 2.79 bits per heavy atom. The fourth-order valence-electron chi connectivity index (χ4n) is 1.10. The number of aromatic nitrogens is 1. The van der Waals surface area contributed by atoms with Crippen molar-refractivity contribution in [3.8, 4) is 5.88 Å². The first kappa shape index (κ1) is 8.75. The lowest BCUT2D eigenvalue weighted by atomic mass is 10.2. The summed E-state index contributed by atoms with van der Waals surface area (Å²) >= 11 is 0. The van der Waals surface area contributed by atoms with E-state index in [0.29, 0.717) is 12.5 Å². The quantitative estimate of drug-likeness (QED) is 0.731. The fourth-order valence-corrected chi connectivity index (χ4v) is 1.10. The van der Waals surface area contributed by atoms with E-state index in [1.54, 1.807) is 6.20 Å². The van der Waals surface area contributed by atoms with E-state index < -0.39 is 0 Å². The van der Waals surface area contributed by atoms with Crippen molar-refractivity contribution in [2.24, 2.45) is 0 Å². The number of nitrogens with zero attached hydrogens (tertiary/aromatic N) is 1. The van der Waals surface area contributed by atoms with Gasteiger partial charge in [-0.2, -0.15) is 0 Å². The molecule has 0 unspecified atom stereocenters. The Morgan fingerprint density at radius 2 is 2.07 bits per heavy atom. The molecule has 1 aromatic heterocycles. The van der Waals surface area contributed by atoms with Gasteiger partial charge in [0.15, 0.2) is 0 Å². The summed E-state index contributed by atoms with van der Waals surface area (Å²) in [6.45, 7) is 0.512. The van der Waals surface area contributed by atoms with Gasteiger partial charge in [-0.15, -0.1) is 0 Å². The Hall–Kier alpha value is -1.83. The van der Waals surface area contributed by atoms with Gasteiger partial charge in [0.25, 0.3) is 0 Å². The van der Waals surface area contributed by atoms with E-state index in [4.69, 9.17) is 4.74 Å². The van der Waals surface area contributed by atoms with Crippen molar-refractivity contribution in [2.45, 2.75) is 6.61 Å². The van der Waals surface area contributed by atoms with Crippen molar-refractivity contribution in [1.82, 2.24) is 4.98 Å². The minimum Gasteiger partial charge on any atom is -0.473 e. The molecule has 0 amide bonds. The van der Waals surface area contributed by atoms with Crippen LogP contribution in [0.2, 0.25) is 0 Å². The van der Waals surface area contributed by atoms with Gasteiger partial charge >= 0.3 is 0 Å². The van der Waals surface area contributed by atoms with Crippen LogP contribution in [-0.4, -0.2) is 4.98 Å². The van der Waals surface area contributed by atoms with Gasteiger partial charge in [0.2, 0.25) is 5.88 Å². The summed E-state index contributed by atoms with van der Waals surface area (Å²) in [6.07, 6.45) is 1.71. The standard InChI is InChI=1S/C12H10NO/c1-2-6-11(7-3-1)10-14-12-8-4-5-9-13-12/h1-6,8-9H,10H2. The fraction of sp³-hybridized carbons (Fsp3) is 0.0833. The van der Waals surface area contributed by atoms with E-state index in [0.717, 1.165) is 5.56 Å². The Balaban J connectivity index is 1.96. The zero-order valence-electron chi connectivity index (χ0n) is 7.68. The molecule has 2 nitrogen and oxygen atoms in total. The SMILES string of the molecule is [c]1ccccc1COc1ccccn1. The van der Waals surface area contributed by atoms with Crippen LogP contribution in [0.5, 0.6) is 5.88 Å². The third kappa shape index (κ3) is 2.33. The number of hydrogen-bond acceptors (Lipinski definition) is 2. The van der Waals surface area contributed by atoms with Gasteiger partial charge in [-0.25, -0.2) is 4.98 Å². The zero-order valence-corrected chi connectivity index (χ0v) is 7.68. The molecule has 0 saturated heterocycles. The maximum absolute atomic E-state index is 5.45. The lowest BCUT2D eigenvalue weighted by Crippen LogP contribution is -1.96. The number of pyridine rings is 1. The van der Waals surface area contributed by atoms with Crippen LogP contribution in [0, 0.1) is 6.07 Å². The van der Waals surface area contributed by atoms with Crippen LogP contribution < -0.4 is 4.74 Å². The Bertz CT molecular complexity index is 333. The van der Waals surface area contributed by atoms with Crippen LogP contribution in [-0.2, 0) is 6.61 Å². The van der Waals surface area contributed by atoms with E-state index in [-0.39, 0.29) is 0 Å². The lowest BCUT2D eigenvalue weighted by molar-refractivity contribution is 0.293. The molecule has 1 aromatic carbocycles. The van der Waals surface area contributed by atoms with Crippen LogP contribution in [0.15, 0.2) is 48.7 Å². The van der Waals surface area contributed by atoms with Gasteiger partial charge in [-0.3, -0.25) is 0 Å². The highest BCUT2D eigenvalue weighted by atomic mass is 16.5. The molecule has 0 aliphatic carbocycles. The molecule has 69 valence electrons. The summed E-state index contributed by atoms with van der Waals surface area (Å²) in [5.74, 6) is 0.643. The second-order valence-electron chi connectivity index (χ2n) is 2.84. The van der Waals surface area contributed by atoms with Gasteiger partial charge < -0.3 is 4.74 Å². The molecule has 0 aliphatic heterocycles. The normalized spacial score (nSPS) is 9.71. The highest BCUT2D eigenvalue weighted by Gasteiger charge is 1.94. The second-order valence-corrected chi connectivity index (χ2v) is 2.84. The first-order valence-electron chi connectivity index (χ1n) is 4.44. The van der Waals surface area contributed by atoms with Gasteiger partial charge in [-0.05, 0) is 17.7 Å². The van der Waals surface area contributed by atoms with Crippen molar-refractivity contribution >= 4 is 0 Å². The average molecular weight is 184 g/mol. The number of rotatable bonds is 3. The van der Waals surface area contributed by atoms with Gasteiger partial charge in [0.1, 0.15) is 6.61 Å². The van der Waals surface area contributed by atoms with Crippen molar-refractivity contribution in [3.63, 3.8) is 0 Å². The summed E-state index contributed by atoms with van der Waals surface area (Å²) in [6, 6.07) is 16.4. The molecular formula is C12H10NO. The average Bonchev–Trinajstić information content (AvgIpc) is 2.29. The molecule has 0 saturated carbocycles. The monoisotopic (exact) mass is 184 g/mol. The second kappa shape index (κ2) is 4.42. The highest BCUT2D eigenvalue weighted by molar-refractivity contribution is 5.14. The molecule has 1 radical (unpaired) electrons. The van der Waals surface area contributed by atoms with Crippen LogP contribution in [0.3, 0.4) is 0 Å². The zero-order chi connectivity index (χ0) is 9.64. The number of ether oxygens (including phenoxy) is 1. The van der Waals surface area contributed by atoms with Crippen molar-refractivity contribution < 1.29 is 4.74 Å². The molecule has 0 fully saturated rings. The summed E-state index contributed by atoms with van der Waals surface area (Å²) in [5, 5.41) is 0. The van der Waals surface area contributed by atoms with Crippen LogP contribution in [0.25, 0.3) is 0 Å². The summed E-state index contributed by atoms with van der Waals surface area (Å²) in [4.78, 5) is 4.06. The van der Waals surface area contributed by atoms with E-state index in [1.165, 1.54) is 0 Å². The van der Waals surface area contributed by atoms with Crippen molar-refractivity contribution in [2.75, 3.05) is 0 Å². The predicted octanol–water partition coefficient (Wildman–Crippen LogP) is 2.46. The summed E-state index contributed by atoms with van der Waals surface area (Å²) in [5.41, 5.74) is 1.03. The Morgan fingerprint density at radius 1 is 1.14 bits per heavy atom. The number of hydrogen-bond donors (Lipinski definition) is 0. The third-order valence-electron chi connectivity index (χ3n) is 1.79. The third-order valence-corrected chi connectivity index (χ3v) is 1.79. The molecule has 0 N–H and O–H groups in total. The maximum atomic E-state index is 5.45. The molecule has 2 aromatic rings. The topological polar surface area (TPSA) is 22.1 Å². The molecular weight excluding hydrogens is 174 g/mol. The maximum Gasteiger partial charge on any atom is 0.213 e. The Labute approximate surface area is 83.2 Å². The first-order chi connectivity index (χ1) is 6.95. The van der Waals surface area contributed by atoms with Crippen LogP contribution in [0.1, 0.15) is 5.56 Å². The van der Waals surface area contributed by atoms with Crippen LogP contribution in [0.4, 0.5) is 0 Å². The van der Waals surface area contributed by atoms with Crippen LogP contribution >= 0.6 is 0 Å². The summed E-state index contributed by atoms with van der Waals surface area (Å²) in [7, 11) is 0. The van der Waals surface area contributed by atoms with E-state index in [1.807, 2.05) is 42.5 Å². The largest absolute Gasteiger partial charge is 0.473 e. The van der Waals surface area contributed by atoms with E-state index >= 15 is 0 Å². The molecule has 1 heterocycles. The molecule has 0 atom stereocenters. The van der Waals surface area contributed by atoms with Gasteiger partial charge in [-0.1, -0.05) is 30.3 Å². The Kier molecular flexibility index (Phi) is 2.76. The molecule has 14 heavy (non-hydrogen) atoms. The molecule has 2 heteroatoms. The predicted molar refractivity (Wildman–Crippen MR) is 53.8 cm³/mol. The molecule has 2 rings (SSSR count). The molecule has 0 bridgehead atoms. The van der Waals surface area contributed by atoms with E-state index in [2.05, 4.69) is 11.1 Å². The van der Waals surface area contributed by atoms with Gasteiger partial charge in [0, 0.05) is 12.3 Å².